The summed E-state index contributed by atoms with van der Waals surface area (Å²) in [6.07, 6.45) is 3.69. The van der Waals surface area contributed by atoms with Gasteiger partial charge < -0.3 is 19.9 Å². The molecule has 4 nitrogen and oxygen atoms in total. The van der Waals surface area contributed by atoms with Crippen molar-refractivity contribution in [1.82, 2.24) is 0 Å². The Morgan fingerprint density at radius 2 is 1.95 bits per heavy atom. The second kappa shape index (κ2) is 6.55. The predicted octanol–water partition coefficient (Wildman–Crippen LogP) is 3.43. The van der Waals surface area contributed by atoms with Gasteiger partial charge in [-0.3, -0.25) is 0 Å². The van der Waals surface area contributed by atoms with Gasteiger partial charge in [-0.1, -0.05) is 15.9 Å². The highest BCUT2D eigenvalue weighted by Crippen LogP contribution is 2.41. The molecular weight excluding hydrogens is 334 g/mol. The van der Waals surface area contributed by atoms with Gasteiger partial charge >= 0.3 is 0 Å². The summed E-state index contributed by atoms with van der Waals surface area (Å²) in [5.41, 5.74) is 7.49. The van der Waals surface area contributed by atoms with Crippen LogP contribution in [0.25, 0.3) is 0 Å². The van der Waals surface area contributed by atoms with Crippen LogP contribution in [0.4, 0.5) is 0 Å². The van der Waals surface area contributed by atoms with Crippen molar-refractivity contribution in [3.63, 3.8) is 0 Å². The molecule has 1 atom stereocenters. The molecule has 0 bridgehead atoms. The Labute approximate surface area is 134 Å². The smallest absolute Gasteiger partial charge is 0.162 e. The zero-order chi connectivity index (χ0) is 14.8. The second-order valence-corrected chi connectivity index (χ2v) is 6.63. The van der Waals surface area contributed by atoms with E-state index in [2.05, 4.69) is 15.9 Å². The number of nitrogens with two attached hydrogens (primary N) is 1. The number of rotatable bonds is 5. The first-order valence-corrected chi connectivity index (χ1v) is 8.43. The Kier molecular flexibility index (Phi) is 4.72. The molecule has 1 aliphatic heterocycles. The minimum Gasteiger partial charge on any atom is -0.486 e. The molecule has 5 heteroatoms. The third-order valence-corrected chi connectivity index (χ3v) is 4.93. The first-order valence-electron chi connectivity index (χ1n) is 7.63. The fraction of sp³-hybridized carbons (Fsp3) is 0.625. The summed E-state index contributed by atoms with van der Waals surface area (Å²) in [7, 11) is 0. The lowest BCUT2D eigenvalue weighted by Crippen LogP contribution is -2.33. The van der Waals surface area contributed by atoms with Crippen molar-refractivity contribution in [2.75, 3.05) is 19.8 Å². The summed E-state index contributed by atoms with van der Waals surface area (Å²) in [6, 6.07) is 4.00. The molecule has 0 aromatic heterocycles. The first kappa shape index (κ1) is 15.1. The summed E-state index contributed by atoms with van der Waals surface area (Å²) >= 11 is 3.60. The summed E-state index contributed by atoms with van der Waals surface area (Å²) in [4.78, 5) is 0. The summed E-state index contributed by atoms with van der Waals surface area (Å²) in [5, 5.41) is 0. The number of benzene rings is 1. The summed E-state index contributed by atoms with van der Waals surface area (Å²) in [5.74, 6) is 2.26. The van der Waals surface area contributed by atoms with E-state index in [1.165, 1.54) is 0 Å². The van der Waals surface area contributed by atoms with Crippen LogP contribution in [0.5, 0.6) is 11.5 Å². The first-order chi connectivity index (χ1) is 10.2. The van der Waals surface area contributed by atoms with Gasteiger partial charge in [-0.25, -0.2) is 0 Å². The van der Waals surface area contributed by atoms with Crippen molar-refractivity contribution in [3.05, 3.63) is 22.2 Å². The Hall–Kier alpha value is -0.780. The van der Waals surface area contributed by atoms with Crippen molar-refractivity contribution in [1.29, 1.82) is 0 Å². The van der Waals surface area contributed by atoms with E-state index in [4.69, 9.17) is 19.9 Å². The Morgan fingerprint density at radius 1 is 1.29 bits per heavy atom. The van der Waals surface area contributed by atoms with Gasteiger partial charge in [0.05, 0.1) is 6.10 Å². The SMILES string of the molecule is CCOC1CC(CC(N)c2cc3c(cc2Br)OCCO3)C1. The van der Waals surface area contributed by atoms with Crippen LogP contribution in [0.2, 0.25) is 0 Å². The molecule has 1 unspecified atom stereocenters. The minimum atomic E-state index is 0.0165. The minimum absolute atomic E-state index is 0.0165. The number of hydrogen-bond acceptors (Lipinski definition) is 4. The lowest BCUT2D eigenvalue weighted by Gasteiger charge is -2.36. The zero-order valence-corrected chi connectivity index (χ0v) is 13.9. The predicted molar refractivity (Wildman–Crippen MR) is 84.8 cm³/mol. The lowest BCUT2D eigenvalue weighted by molar-refractivity contribution is -0.0282. The maximum Gasteiger partial charge on any atom is 0.162 e. The van der Waals surface area contributed by atoms with Crippen molar-refractivity contribution >= 4 is 15.9 Å². The molecule has 21 heavy (non-hydrogen) atoms. The van der Waals surface area contributed by atoms with E-state index in [0.29, 0.717) is 25.2 Å². The van der Waals surface area contributed by atoms with Crippen LogP contribution < -0.4 is 15.2 Å². The number of hydrogen-bond donors (Lipinski definition) is 1. The van der Waals surface area contributed by atoms with Gasteiger partial charge in [0.1, 0.15) is 13.2 Å². The molecule has 1 heterocycles. The van der Waals surface area contributed by atoms with Crippen molar-refractivity contribution in [3.8, 4) is 11.5 Å². The molecule has 1 aromatic rings. The molecule has 1 aliphatic carbocycles. The maximum atomic E-state index is 6.39. The topological polar surface area (TPSA) is 53.7 Å². The van der Waals surface area contributed by atoms with Crippen LogP contribution in [0.1, 0.15) is 37.8 Å². The molecule has 0 radical (unpaired) electrons. The normalized spacial score (nSPS) is 25.3. The molecule has 116 valence electrons. The summed E-state index contributed by atoms with van der Waals surface area (Å²) in [6.45, 7) is 4.05. The Morgan fingerprint density at radius 3 is 2.62 bits per heavy atom. The average Bonchev–Trinajstić information content (AvgIpc) is 2.44. The Bertz CT molecular complexity index is 503. The van der Waals surface area contributed by atoms with E-state index in [9.17, 15) is 0 Å². The van der Waals surface area contributed by atoms with Crippen LogP contribution in [0.3, 0.4) is 0 Å². The molecule has 1 saturated carbocycles. The molecule has 1 aromatic carbocycles. The standard InChI is InChI=1S/C16H22BrNO3/c1-2-19-11-5-10(6-11)7-14(18)12-8-15-16(9-13(12)17)21-4-3-20-15/h8-11,14H,2-7,18H2,1H3. The van der Waals surface area contributed by atoms with E-state index >= 15 is 0 Å². The molecule has 0 spiro atoms. The van der Waals surface area contributed by atoms with E-state index in [1.54, 1.807) is 0 Å². The molecular formula is C16H22BrNO3. The van der Waals surface area contributed by atoms with Gasteiger partial charge in [0, 0.05) is 17.1 Å². The second-order valence-electron chi connectivity index (χ2n) is 5.77. The molecule has 2 N–H and O–H groups in total. The fourth-order valence-electron chi connectivity index (χ4n) is 3.09. The highest BCUT2D eigenvalue weighted by Gasteiger charge is 2.31. The highest BCUT2D eigenvalue weighted by atomic mass is 79.9. The monoisotopic (exact) mass is 355 g/mol. The van der Waals surface area contributed by atoms with Crippen LogP contribution in [-0.4, -0.2) is 25.9 Å². The Balaban J connectivity index is 1.63. The summed E-state index contributed by atoms with van der Waals surface area (Å²) < 4.78 is 17.8. The lowest BCUT2D eigenvalue weighted by atomic mass is 9.77. The fourth-order valence-corrected chi connectivity index (χ4v) is 3.71. The molecule has 2 aliphatic rings. The van der Waals surface area contributed by atoms with Crippen molar-refractivity contribution < 1.29 is 14.2 Å². The molecule has 0 saturated heterocycles. The number of fused-ring (bicyclic) bond motifs is 1. The molecule has 0 amide bonds. The van der Waals surface area contributed by atoms with E-state index < -0.39 is 0 Å². The van der Waals surface area contributed by atoms with Crippen LogP contribution >= 0.6 is 15.9 Å². The zero-order valence-electron chi connectivity index (χ0n) is 12.3. The van der Waals surface area contributed by atoms with Gasteiger partial charge in [0.2, 0.25) is 0 Å². The van der Waals surface area contributed by atoms with Crippen molar-refractivity contribution in [2.45, 2.75) is 38.3 Å². The van der Waals surface area contributed by atoms with Crippen LogP contribution in [0.15, 0.2) is 16.6 Å². The average molecular weight is 356 g/mol. The third-order valence-electron chi connectivity index (χ3n) is 4.24. The van der Waals surface area contributed by atoms with E-state index in [-0.39, 0.29) is 6.04 Å². The van der Waals surface area contributed by atoms with E-state index in [0.717, 1.165) is 47.4 Å². The molecule has 1 fully saturated rings. The highest BCUT2D eigenvalue weighted by molar-refractivity contribution is 9.10. The van der Waals surface area contributed by atoms with Gasteiger partial charge in [0.25, 0.3) is 0 Å². The molecule has 3 rings (SSSR count). The quantitative estimate of drug-likeness (QED) is 0.878. The number of ether oxygens (including phenoxy) is 3. The van der Waals surface area contributed by atoms with Crippen LogP contribution in [0, 0.1) is 5.92 Å². The largest absolute Gasteiger partial charge is 0.486 e. The van der Waals surface area contributed by atoms with Gasteiger partial charge in [-0.05, 0) is 49.8 Å². The van der Waals surface area contributed by atoms with Gasteiger partial charge in [-0.15, -0.1) is 0 Å². The third kappa shape index (κ3) is 3.35. The van der Waals surface area contributed by atoms with Gasteiger partial charge in [0.15, 0.2) is 11.5 Å². The maximum absolute atomic E-state index is 6.39. The number of halogens is 1. The van der Waals surface area contributed by atoms with Gasteiger partial charge in [-0.2, -0.15) is 0 Å². The van der Waals surface area contributed by atoms with Crippen LogP contribution in [-0.2, 0) is 4.74 Å². The van der Waals surface area contributed by atoms with Crippen molar-refractivity contribution in [2.24, 2.45) is 11.7 Å². The van der Waals surface area contributed by atoms with E-state index in [1.807, 2.05) is 19.1 Å².